The molecule has 0 saturated carbocycles. The molecular weight excluding hydrogens is 333 g/mol. The van der Waals surface area contributed by atoms with Gasteiger partial charge in [-0.15, -0.1) is 0 Å². The van der Waals surface area contributed by atoms with E-state index in [9.17, 15) is 9.18 Å². The number of aryl methyl sites for hydroxylation is 1. The van der Waals surface area contributed by atoms with Crippen molar-refractivity contribution >= 4 is 5.97 Å². The van der Waals surface area contributed by atoms with Crippen molar-refractivity contribution in [1.29, 1.82) is 0 Å². The molecule has 2 aromatic carbocycles. The van der Waals surface area contributed by atoms with Crippen LogP contribution < -0.4 is 4.74 Å². The quantitative estimate of drug-likeness (QED) is 0.532. The van der Waals surface area contributed by atoms with E-state index in [1.807, 2.05) is 36.4 Å². The van der Waals surface area contributed by atoms with Crippen molar-refractivity contribution in [3.05, 3.63) is 72.2 Å². The van der Waals surface area contributed by atoms with E-state index in [0.29, 0.717) is 17.9 Å². The second-order valence-corrected chi connectivity index (χ2v) is 6.08. The Morgan fingerprint density at radius 2 is 1.58 bits per heavy atom. The number of nitrogens with one attached hydrogen (secondary N) is 1. The molecule has 0 amide bonds. The van der Waals surface area contributed by atoms with Gasteiger partial charge in [-0.25, -0.2) is 4.39 Å². The third-order valence-electron chi connectivity index (χ3n) is 4.05. The Balaban J connectivity index is 1.58. The number of aliphatic carboxylic acids is 1. The Morgan fingerprint density at radius 3 is 2.23 bits per heavy atom. The van der Waals surface area contributed by atoms with Crippen molar-refractivity contribution in [2.24, 2.45) is 0 Å². The number of aromatic amines is 1. The predicted octanol–water partition coefficient (Wildman–Crippen LogP) is 5.41. The average Bonchev–Trinajstić information content (AvgIpc) is 3.10. The van der Waals surface area contributed by atoms with E-state index in [0.717, 1.165) is 29.8 Å². The number of carbonyl (C=O) groups is 1. The van der Waals surface area contributed by atoms with Crippen molar-refractivity contribution < 1.29 is 19.0 Å². The van der Waals surface area contributed by atoms with Gasteiger partial charge in [-0.1, -0.05) is 0 Å². The molecule has 1 heterocycles. The second kappa shape index (κ2) is 8.34. The lowest BCUT2D eigenvalue weighted by Gasteiger charge is -2.06. The van der Waals surface area contributed by atoms with Crippen LogP contribution in [0.15, 0.2) is 60.7 Å². The monoisotopic (exact) mass is 353 g/mol. The highest BCUT2D eigenvalue weighted by Crippen LogP contribution is 2.26. The zero-order valence-electron chi connectivity index (χ0n) is 14.2. The maximum Gasteiger partial charge on any atom is 0.303 e. The van der Waals surface area contributed by atoms with Crippen molar-refractivity contribution in [3.63, 3.8) is 0 Å². The van der Waals surface area contributed by atoms with Crippen LogP contribution in [0.1, 0.15) is 25.0 Å². The number of ether oxygens (including phenoxy) is 1. The van der Waals surface area contributed by atoms with E-state index < -0.39 is 5.97 Å². The Labute approximate surface area is 151 Å². The SMILES string of the molecule is O=C(O)CCCCc1ccc(-c2ccc(Oc3ccc(F)cc3)cc2)[nH]1. The van der Waals surface area contributed by atoms with Crippen molar-refractivity contribution in [3.8, 4) is 22.8 Å². The van der Waals surface area contributed by atoms with E-state index in [1.54, 1.807) is 12.1 Å². The van der Waals surface area contributed by atoms with Gasteiger partial charge in [0, 0.05) is 17.8 Å². The minimum absolute atomic E-state index is 0.211. The maximum absolute atomic E-state index is 12.9. The maximum atomic E-state index is 12.9. The normalized spacial score (nSPS) is 10.7. The largest absolute Gasteiger partial charge is 0.481 e. The van der Waals surface area contributed by atoms with Crippen LogP contribution in [-0.4, -0.2) is 16.1 Å². The van der Waals surface area contributed by atoms with Gasteiger partial charge in [0.25, 0.3) is 0 Å². The van der Waals surface area contributed by atoms with Crippen molar-refractivity contribution in [2.75, 3.05) is 0 Å². The van der Waals surface area contributed by atoms with Gasteiger partial charge in [-0.05, 0) is 85.5 Å². The molecule has 0 bridgehead atoms. The third-order valence-corrected chi connectivity index (χ3v) is 4.05. The topological polar surface area (TPSA) is 62.3 Å². The number of H-pyrrole nitrogens is 1. The number of rotatable bonds is 8. The van der Waals surface area contributed by atoms with Gasteiger partial charge in [0.1, 0.15) is 17.3 Å². The summed E-state index contributed by atoms with van der Waals surface area (Å²) in [7, 11) is 0. The number of halogens is 1. The fourth-order valence-corrected chi connectivity index (χ4v) is 2.69. The zero-order valence-corrected chi connectivity index (χ0v) is 14.2. The lowest BCUT2D eigenvalue weighted by Crippen LogP contribution is -1.95. The summed E-state index contributed by atoms with van der Waals surface area (Å²) in [6.07, 6.45) is 2.57. The van der Waals surface area contributed by atoms with E-state index >= 15 is 0 Å². The van der Waals surface area contributed by atoms with Crippen LogP contribution in [0.25, 0.3) is 11.3 Å². The number of unbranched alkanes of at least 4 members (excludes halogenated alkanes) is 1. The lowest BCUT2D eigenvalue weighted by atomic mass is 10.1. The lowest BCUT2D eigenvalue weighted by molar-refractivity contribution is -0.137. The van der Waals surface area contributed by atoms with Crippen molar-refractivity contribution in [2.45, 2.75) is 25.7 Å². The highest BCUT2D eigenvalue weighted by Gasteiger charge is 2.04. The summed E-state index contributed by atoms with van der Waals surface area (Å²) in [5, 5.41) is 8.66. The average molecular weight is 353 g/mol. The van der Waals surface area contributed by atoms with Crippen LogP contribution in [0.5, 0.6) is 11.5 Å². The van der Waals surface area contributed by atoms with Crippen LogP contribution in [-0.2, 0) is 11.2 Å². The van der Waals surface area contributed by atoms with Gasteiger partial charge in [-0.2, -0.15) is 0 Å². The molecule has 0 fully saturated rings. The number of carboxylic acid groups (broad SMARTS) is 1. The summed E-state index contributed by atoms with van der Waals surface area (Å²) in [5.74, 6) is 0.224. The van der Waals surface area contributed by atoms with E-state index in [4.69, 9.17) is 9.84 Å². The molecule has 0 spiro atoms. The molecule has 0 saturated heterocycles. The van der Waals surface area contributed by atoms with Gasteiger partial charge in [0.2, 0.25) is 0 Å². The number of hydrogen-bond donors (Lipinski definition) is 2. The highest BCUT2D eigenvalue weighted by atomic mass is 19.1. The number of carboxylic acids is 1. The molecule has 5 heteroatoms. The zero-order chi connectivity index (χ0) is 18.4. The first-order valence-corrected chi connectivity index (χ1v) is 8.54. The van der Waals surface area contributed by atoms with Crippen LogP contribution in [0.4, 0.5) is 4.39 Å². The molecule has 4 nitrogen and oxygen atoms in total. The Bertz CT molecular complexity index is 854. The first kappa shape index (κ1) is 17.7. The molecule has 1 aromatic heterocycles. The minimum atomic E-state index is -0.750. The van der Waals surface area contributed by atoms with E-state index in [-0.39, 0.29) is 12.2 Å². The summed E-state index contributed by atoms with van der Waals surface area (Å²) in [6, 6.07) is 17.6. The third kappa shape index (κ3) is 4.96. The molecular formula is C21H20FNO3. The fourth-order valence-electron chi connectivity index (χ4n) is 2.69. The summed E-state index contributed by atoms with van der Waals surface area (Å²) >= 11 is 0. The summed E-state index contributed by atoms with van der Waals surface area (Å²) < 4.78 is 18.6. The van der Waals surface area contributed by atoms with Gasteiger partial charge in [0.15, 0.2) is 0 Å². The standard InChI is InChI=1S/C21H20FNO3/c22-16-7-12-19(13-8-16)26-18-10-5-15(6-11-18)20-14-9-17(23-20)3-1-2-4-21(24)25/h5-14,23H,1-4H2,(H,24,25). The minimum Gasteiger partial charge on any atom is -0.481 e. The fraction of sp³-hybridized carbons (Fsp3) is 0.190. The molecule has 3 aromatic rings. The Kier molecular flexibility index (Phi) is 5.69. The molecule has 2 N–H and O–H groups in total. The Hall–Kier alpha value is -3.08. The van der Waals surface area contributed by atoms with Crippen LogP contribution >= 0.6 is 0 Å². The van der Waals surface area contributed by atoms with Crippen LogP contribution in [0.3, 0.4) is 0 Å². The predicted molar refractivity (Wildman–Crippen MR) is 97.9 cm³/mol. The first-order valence-electron chi connectivity index (χ1n) is 8.54. The smallest absolute Gasteiger partial charge is 0.303 e. The van der Waals surface area contributed by atoms with Gasteiger partial charge < -0.3 is 14.8 Å². The molecule has 26 heavy (non-hydrogen) atoms. The summed E-state index contributed by atoms with van der Waals surface area (Å²) in [4.78, 5) is 13.9. The highest BCUT2D eigenvalue weighted by molar-refractivity contribution is 5.66. The number of benzene rings is 2. The molecule has 0 aliphatic rings. The number of aromatic nitrogens is 1. The van der Waals surface area contributed by atoms with Crippen molar-refractivity contribution in [1.82, 2.24) is 4.98 Å². The molecule has 3 rings (SSSR count). The molecule has 0 aliphatic heterocycles. The number of hydrogen-bond acceptors (Lipinski definition) is 2. The van der Waals surface area contributed by atoms with Gasteiger partial charge in [-0.3, -0.25) is 4.79 Å². The second-order valence-electron chi connectivity index (χ2n) is 6.08. The van der Waals surface area contributed by atoms with Crippen LogP contribution in [0.2, 0.25) is 0 Å². The van der Waals surface area contributed by atoms with Gasteiger partial charge in [0.05, 0.1) is 0 Å². The van der Waals surface area contributed by atoms with E-state index in [2.05, 4.69) is 4.98 Å². The molecule has 0 radical (unpaired) electrons. The Morgan fingerprint density at radius 1 is 0.923 bits per heavy atom. The first-order chi connectivity index (χ1) is 12.6. The summed E-state index contributed by atoms with van der Waals surface area (Å²) in [5.41, 5.74) is 3.14. The molecule has 0 aliphatic carbocycles. The molecule has 0 atom stereocenters. The summed E-state index contributed by atoms with van der Waals surface area (Å²) in [6.45, 7) is 0. The van der Waals surface area contributed by atoms with E-state index in [1.165, 1.54) is 12.1 Å². The molecule has 134 valence electrons. The van der Waals surface area contributed by atoms with Crippen LogP contribution in [0, 0.1) is 5.82 Å². The molecule has 0 unspecified atom stereocenters. The van der Waals surface area contributed by atoms with Gasteiger partial charge >= 0.3 is 5.97 Å².